The fraction of sp³-hybridized carbons (Fsp3) is 0.455. The molecule has 0 radical (unpaired) electrons. The number of aliphatic hydroxyl groups excluding tert-OH is 2. The molecule has 1 unspecified atom stereocenters. The van der Waals surface area contributed by atoms with Gasteiger partial charge in [0.05, 0.1) is 7.11 Å². The SMILES string of the molecule is COc1ccc(CC(C)(C)NCC(O)COc2ccc(CCO)cc2)cc1.[Cl-]. The van der Waals surface area contributed by atoms with Gasteiger partial charge in [-0.3, -0.25) is 0 Å². The molecule has 156 valence electrons. The predicted molar refractivity (Wildman–Crippen MR) is 108 cm³/mol. The van der Waals surface area contributed by atoms with Gasteiger partial charge in [-0.25, -0.2) is 0 Å². The van der Waals surface area contributed by atoms with Crippen LogP contribution in [0.5, 0.6) is 11.5 Å². The third kappa shape index (κ3) is 8.48. The summed E-state index contributed by atoms with van der Waals surface area (Å²) in [6.45, 7) is 5.04. The summed E-state index contributed by atoms with van der Waals surface area (Å²) >= 11 is 0. The van der Waals surface area contributed by atoms with E-state index in [1.807, 2.05) is 36.4 Å². The molecule has 0 spiro atoms. The fourth-order valence-electron chi connectivity index (χ4n) is 2.84. The van der Waals surface area contributed by atoms with Crippen molar-refractivity contribution in [2.75, 3.05) is 26.9 Å². The molecule has 0 aliphatic rings. The molecule has 5 nitrogen and oxygen atoms in total. The van der Waals surface area contributed by atoms with Crippen molar-refractivity contribution >= 4 is 0 Å². The molecule has 3 N–H and O–H groups in total. The van der Waals surface area contributed by atoms with Gasteiger partial charge in [-0.2, -0.15) is 0 Å². The minimum absolute atomic E-state index is 0. The lowest BCUT2D eigenvalue weighted by molar-refractivity contribution is -0.00000919. The highest BCUT2D eigenvalue weighted by molar-refractivity contribution is 5.28. The highest BCUT2D eigenvalue weighted by atomic mass is 35.5. The van der Waals surface area contributed by atoms with Gasteiger partial charge in [0.1, 0.15) is 24.2 Å². The first-order valence-corrected chi connectivity index (χ1v) is 9.30. The Hall–Kier alpha value is -1.79. The van der Waals surface area contributed by atoms with Gasteiger partial charge >= 0.3 is 0 Å². The maximum Gasteiger partial charge on any atom is 0.119 e. The number of halogens is 1. The zero-order chi connectivity index (χ0) is 19.7. The van der Waals surface area contributed by atoms with Crippen molar-refractivity contribution in [2.45, 2.75) is 38.3 Å². The highest BCUT2D eigenvalue weighted by Gasteiger charge is 2.19. The zero-order valence-corrected chi connectivity index (χ0v) is 17.6. The molecule has 28 heavy (non-hydrogen) atoms. The van der Waals surface area contributed by atoms with Gasteiger partial charge < -0.3 is 37.4 Å². The Morgan fingerprint density at radius 1 is 0.964 bits per heavy atom. The van der Waals surface area contributed by atoms with E-state index in [9.17, 15) is 5.11 Å². The molecule has 0 bridgehead atoms. The molecule has 2 aromatic carbocycles. The van der Waals surface area contributed by atoms with Crippen LogP contribution in [0.3, 0.4) is 0 Å². The molecular formula is C22H31ClNO4-. The highest BCUT2D eigenvalue weighted by Crippen LogP contribution is 2.17. The van der Waals surface area contributed by atoms with Gasteiger partial charge in [-0.1, -0.05) is 24.3 Å². The van der Waals surface area contributed by atoms with Crippen molar-refractivity contribution in [1.29, 1.82) is 0 Å². The molecule has 1 atom stereocenters. The van der Waals surface area contributed by atoms with Crippen LogP contribution in [-0.4, -0.2) is 48.7 Å². The van der Waals surface area contributed by atoms with E-state index in [2.05, 4.69) is 31.3 Å². The molecule has 0 fully saturated rings. The molecular weight excluding hydrogens is 378 g/mol. The maximum absolute atomic E-state index is 10.2. The van der Waals surface area contributed by atoms with Crippen LogP contribution in [0.15, 0.2) is 48.5 Å². The van der Waals surface area contributed by atoms with Crippen molar-refractivity contribution in [1.82, 2.24) is 5.32 Å². The van der Waals surface area contributed by atoms with E-state index in [-0.39, 0.29) is 31.2 Å². The second-order valence-corrected chi connectivity index (χ2v) is 7.37. The summed E-state index contributed by atoms with van der Waals surface area (Å²) in [6, 6.07) is 15.6. The normalized spacial score (nSPS) is 12.2. The Morgan fingerprint density at radius 2 is 1.54 bits per heavy atom. The van der Waals surface area contributed by atoms with Crippen molar-refractivity contribution in [2.24, 2.45) is 0 Å². The van der Waals surface area contributed by atoms with Crippen LogP contribution in [0, 0.1) is 0 Å². The minimum Gasteiger partial charge on any atom is -1.00 e. The molecule has 0 heterocycles. The minimum atomic E-state index is -0.600. The Kier molecular flexibility index (Phi) is 10.3. The Labute approximate surface area is 174 Å². The first-order chi connectivity index (χ1) is 12.9. The number of benzene rings is 2. The molecule has 0 aliphatic carbocycles. The fourth-order valence-corrected chi connectivity index (χ4v) is 2.84. The van der Waals surface area contributed by atoms with E-state index < -0.39 is 6.10 Å². The molecule has 0 saturated carbocycles. The lowest BCUT2D eigenvalue weighted by Gasteiger charge is -2.28. The van der Waals surface area contributed by atoms with Gasteiger partial charge in [0.2, 0.25) is 0 Å². The van der Waals surface area contributed by atoms with E-state index >= 15 is 0 Å². The molecule has 0 saturated heterocycles. The Morgan fingerprint density at radius 3 is 2.11 bits per heavy atom. The molecule has 0 aromatic heterocycles. The molecule has 0 amide bonds. The first-order valence-electron chi connectivity index (χ1n) is 9.30. The number of nitrogens with one attached hydrogen (secondary N) is 1. The monoisotopic (exact) mass is 408 g/mol. The smallest absolute Gasteiger partial charge is 0.119 e. The molecule has 2 aromatic rings. The molecule has 0 aliphatic heterocycles. The second kappa shape index (κ2) is 11.9. The summed E-state index contributed by atoms with van der Waals surface area (Å²) in [6.07, 6.45) is 0.879. The van der Waals surface area contributed by atoms with Crippen molar-refractivity contribution in [3.05, 3.63) is 59.7 Å². The number of rotatable bonds is 11. The summed E-state index contributed by atoms with van der Waals surface area (Å²) in [5.74, 6) is 1.56. The summed E-state index contributed by atoms with van der Waals surface area (Å²) in [5, 5.41) is 22.5. The number of ether oxygens (including phenoxy) is 2. The van der Waals surface area contributed by atoms with Crippen LogP contribution in [0.1, 0.15) is 25.0 Å². The number of hydrogen-bond donors (Lipinski definition) is 3. The summed E-state index contributed by atoms with van der Waals surface area (Å²) < 4.78 is 10.8. The van der Waals surface area contributed by atoms with Crippen LogP contribution in [0.2, 0.25) is 0 Å². The van der Waals surface area contributed by atoms with Gasteiger partial charge in [0, 0.05) is 18.7 Å². The average molecular weight is 409 g/mol. The van der Waals surface area contributed by atoms with E-state index in [0.29, 0.717) is 18.7 Å². The van der Waals surface area contributed by atoms with Crippen molar-refractivity contribution in [3.8, 4) is 11.5 Å². The van der Waals surface area contributed by atoms with Gasteiger partial charge in [0.25, 0.3) is 0 Å². The lowest BCUT2D eigenvalue weighted by atomic mass is 9.94. The van der Waals surface area contributed by atoms with Crippen LogP contribution in [0.4, 0.5) is 0 Å². The zero-order valence-electron chi connectivity index (χ0n) is 16.8. The lowest BCUT2D eigenvalue weighted by Crippen LogP contribution is -3.00. The Balaban J connectivity index is 0.00000392. The quantitative estimate of drug-likeness (QED) is 0.471. The number of aliphatic hydroxyl groups is 2. The van der Waals surface area contributed by atoms with Crippen LogP contribution in [0.25, 0.3) is 0 Å². The standard InChI is InChI=1S/C22H31NO4.ClH/c1-22(2,14-18-6-8-20(26-3)9-7-18)23-15-19(25)16-27-21-10-4-17(5-11-21)12-13-24;/h4-11,19,23-25H,12-16H2,1-3H3;1H/p-1. The summed E-state index contributed by atoms with van der Waals surface area (Å²) in [7, 11) is 1.66. The van der Waals surface area contributed by atoms with E-state index in [4.69, 9.17) is 14.6 Å². The van der Waals surface area contributed by atoms with E-state index in [1.54, 1.807) is 7.11 Å². The number of methoxy groups -OCH3 is 1. The van der Waals surface area contributed by atoms with Gasteiger partial charge in [-0.05, 0) is 62.1 Å². The third-order valence-electron chi connectivity index (χ3n) is 4.39. The Bertz CT molecular complexity index is 674. The van der Waals surface area contributed by atoms with Gasteiger partial charge in [-0.15, -0.1) is 0 Å². The van der Waals surface area contributed by atoms with E-state index in [0.717, 1.165) is 17.7 Å². The average Bonchev–Trinajstić information content (AvgIpc) is 2.66. The molecule has 2 rings (SSSR count). The van der Waals surface area contributed by atoms with Crippen molar-refractivity contribution < 1.29 is 32.1 Å². The van der Waals surface area contributed by atoms with Crippen LogP contribution < -0.4 is 27.2 Å². The number of β-amino-alcohol motifs (C(OH)–C–C–N with tert-alkyl or cyclic N) is 1. The van der Waals surface area contributed by atoms with Crippen molar-refractivity contribution in [3.63, 3.8) is 0 Å². The largest absolute Gasteiger partial charge is 1.00 e. The first kappa shape index (κ1) is 24.2. The predicted octanol–water partition coefficient (Wildman–Crippen LogP) is -0.415. The molecule has 6 heteroatoms. The number of hydrogen-bond acceptors (Lipinski definition) is 5. The van der Waals surface area contributed by atoms with Crippen LogP contribution >= 0.6 is 0 Å². The third-order valence-corrected chi connectivity index (χ3v) is 4.39. The topological polar surface area (TPSA) is 71.0 Å². The maximum atomic E-state index is 10.2. The summed E-state index contributed by atoms with van der Waals surface area (Å²) in [4.78, 5) is 0. The van der Waals surface area contributed by atoms with Gasteiger partial charge in [0.15, 0.2) is 0 Å². The second-order valence-electron chi connectivity index (χ2n) is 7.37. The van der Waals surface area contributed by atoms with Crippen LogP contribution in [-0.2, 0) is 12.8 Å². The summed E-state index contributed by atoms with van der Waals surface area (Å²) in [5.41, 5.74) is 2.12. The van der Waals surface area contributed by atoms with E-state index in [1.165, 1.54) is 5.56 Å².